The Labute approximate surface area is 151 Å². The molecule has 0 amide bonds. The molecule has 0 N–H and O–H groups in total. The van der Waals surface area contributed by atoms with Gasteiger partial charge < -0.3 is 4.57 Å². The summed E-state index contributed by atoms with van der Waals surface area (Å²) in [5.41, 5.74) is 1.16. The molecule has 140 valence electrons. The van der Waals surface area contributed by atoms with Crippen LogP contribution in [0.15, 0.2) is 6.20 Å². The predicted molar refractivity (Wildman–Crippen MR) is 107 cm³/mol. The van der Waals surface area contributed by atoms with Crippen LogP contribution in [0.3, 0.4) is 0 Å². The zero-order valence-electron chi connectivity index (χ0n) is 16.9. The van der Waals surface area contributed by atoms with E-state index in [0.717, 1.165) is 12.2 Å². The Hall–Kier alpha value is -0.790. The van der Waals surface area contributed by atoms with Gasteiger partial charge in [0.05, 0.1) is 5.69 Å². The lowest BCUT2D eigenvalue weighted by atomic mass is 10.0. The minimum atomic E-state index is 0.528. The first-order chi connectivity index (χ1) is 11.6. The molecule has 0 aromatic carbocycles. The molecule has 0 bridgehead atoms. The van der Waals surface area contributed by atoms with Crippen molar-refractivity contribution >= 4 is 0 Å². The second-order valence-corrected chi connectivity index (χ2v) is 7.83. The highest BCUT2D eigenvalue weighted by Crippen LogP contribution is 2.16. The molecule has 0 aliphatic carbocycles. The second-order valence-electron chi connectivity index (χ2n) is 7.83. The van der Waals surface area contributed by atoms with E-state index < -0.39 is 0 Å². The largest absolute Gasteiger partial charge is 0.334 e. The summed E-state index contributed by atoms with van der Waals surface area (Å²) in [6, 6.07) is 0. The van der Waals surface area contributed by atoms with Crippen molar-refractivity contribution in [2.75, 3.05) is 0 Å². The summed E-state index contributed by atoms with van der Waals surface area (Å²) in [7, 11) is 0. The van der Waals surface area contributed by atoms with Crippen molar-refractivity contribution in [3.05, 3.63) is 17.7 Å². The van der Waals surface area contributed by atoms with E-state index in [1.165, 1.54) is 89.3 Å². The van der Waals surface area contributed by atoms with Crippen LogP contribution in [0.4, 0.5) is 0 Å². The predicted octanol–water partition coefficient (Wildman–Crippen LogP) is 7.41. The fourth-order valence-electron chi connectivity index (χ4n) is 3.51. The van der Waals surface area contributed by atoms with Crippen molar-refractivity contribution in [3.63, 3.8) is 0 Å². The maximum absolute atomic E-state index is 4.65. The van der Waals surface area contributed by atoms with E-state index in [-0.39, 0.29) is 0 Å². The molecule has 2 heteroatoms. The van der Waals surface area contributed by atoms with Crippen molar-refractivity contribution in [2.45, 2.75) is 124 Å². The van der Waals surface area contributed by atoms with Gasteiger partial charge in [-0.2, -0.15) is 0 Å². The van der Waals surface area contributed by atoms with E-state index in [1.807, 2.05) is 0 Å². The lowest BCUT2D eigenvalue weighted by Gasteiger charge is -2.10. The van der Waals surface area contributed by atoms with Crippen molar-refractivity contribution in [1.29, 1.82) is 0 Å². The van der Waals surface area contributed by atoms with Gasteiger partial charge in [0.1, 0.15) is 5.82 Å². The molecule has 1 heterocycles. The highest BCUT2D eigenvalue weighted by atomic mass is 15.1. The lowest BCUT2D eigenvalue weighted by Crippen LogP contribution is -2.04. The molecular formula is C22H42N2. The highest BCUT2D eigenvalue weighted by molar-refractivity contribution is 5.05. The van der Waals surface area contributed by atoms with Gasteiger partial charge in [-0.05, 0) is 13.3 Å². The van der Waals surface area contributed by atoms with Crippen LogP contribution in [0.25, 0.3) is 0 Å². The molecule has 1 rings (SSSR count). The van der Waals surface area contributed by atoms with Gasteiger partial charge in [0.25, 0.3) is 0 Å². The third kappa shape index (κ3) is 9.49. The van der Waals surface area contributed by atoms with Crippen molar-refractivity contribution in [1.82, 2.24) is 9.55 Å². The number of nitrogens with zero attached hydrogens (tertiary/aromatic N) is 2. The van der Waals surface area contributed by atoms with Crippen LogP contribution >= 0.6 is 0 Å². The number of imidazole rings is 1. The zero-order valence-corrected chi connectivity index (χ0v) is 16.9. The quantitative estimate of drug-likeness (QED) is 0.305. The smallest absolute Gasteiger partial charge is 0.111 e. The number of aryl methyl sites for hydroxylation is 2. The van der Waals surface area contributed by atoms with Crippen LogP contribution in [-0.2, 0) is 6.54 Å². The molecule has 0 unspecified atom stereocenters. The van der Waals surface area contributed by atoms with Gasteiger partial charge in [-0.1, -0.05) is 97.8 Å². The topological polar surface area (TPSA) is 17.8 Å². The number of hydrogen-bond donors (Lipinski definition) is 0. The Bertz CT molecular complexity index is 406. The number of hydrogen-bond acceptors (Lipinski definition) is 1. The molecule has 0 aliphatic heterocycles. The van der Waals surface area contributed by atoms with E-state index in [0.29, 0.717) is 5.92 Å². The SMILES string of the molecule is CCCCCCCCCCCCCCCn1cc(C)nc1C(C)C. The molecule has 24 heavy (non-hydrogen) atoms. The Morgan fingerprint density at radius 1 is 0.792 bits per heavy atom. The van der Waals surface area contributed by atoms with Crippen LogP contribution in [0.2, 0.25) is 0 Å². The summed E-state index contributed by atoms with van der Waals surface area (Å²) < 4.78 is 2.37. The number of rotatable bonds is 15. The van der Waals surface area contributed by atoms with Gasteiger partial charge in [-0.15, -0.1) is 0 Å². The fraction of sp³-hybridized carbons (Fsp3) is 0.864. The van der Waals surface area contributed by atoms with Crippen LogP contribution in [-0.4, -0.2) is 9.55 Å². The average Bonchev–Trinajstić information content (AvgIpc) is 2.93. The molecule has 1 aromatic heterocycles. The zero-order chi connectivity index (χ0) is 17.6. The minimum Gasteiger partial charge on any atom is -0.334 e. The molecule has 0 atom stereocenters. The summed E-state index contributed by atoms with van der Waals surface area (Å²) >= 11 is 0. The van der Waals surface area contributed by atoms with Crippen molar-refractivity contribution < 1.29 is 0 Å². The minimum absolute atomic E-state index is 0.528. The van der Waals surface area contributed by atoms with E-state index in [9.17, 15) is 0 Å². The standard InChI is InChI=1S/C22H42N2/c1-5-6-7-8-9-10-11-12-13-14-15-16-17-18-24-19-21(4)23-22(24)20(2)3/h19-20H,5-18H2,1-4H3. The number of aromatic nitrogens is 2. The van der Waals surface area contributed by atoms with E-state index >= 15 is 0 Å². The van der Waals surface area contributed by atoms with Gasteiger partial charge >= 0.3 is 0 Å². The average molecular weight is 335 g/mol. The Kier molecular flexibility index (Phi) is 12.0. The van der Waals surface area contributed by atoms with Crippen molar-refractivity contribution in [2.24, 2.45) is 0 Å². The molecule has 0 radical (unpaired) electrons. The third-order valence-corrected chi connectivity index (χ3v) is 4.95. The fourth-order valence-corrected chi connectivity index (χ4v) is 3.51. The Morgan fingerprint density at radius 2 is 1.25 bits per heavy atom. The van der Waals surface area contributed by atoms with Gasteiger partial charge in [-0.3, -0.25) is 0 Å². The summed E-state index contributed by atoms with van der Waals surface area (Å²) in [6.07, 6.45) is 20.7. The van der Waals surface area contributed by atoms with Crippen LogP contribution in [0.5, 0.6) is 0 Å². The van der Waals surface area contributed by atoms with Gasteiger partial charge in [-0.25, -0.2) is 4.98 Å². The van der Waals surface area contributed by atoms with Crippen molar-refractivity contribution in [3.8, 4) is 0 Å². The molecule has 1 aromatic rings. The monoisotopic (exact) mass is 334 g/mol. The maximum Gasteiger partial charge on any atom is 0.111 e. The normalized spacial score (nSPS) is 11.5. The molecule has 0 spiro atoms. The summed E-state index contributed by atoms with van der Waals surface area (Å²) in [4.78, 5) is 4.65. The molecule has 2 nitrogen and oxygen atoms in total. The number of unbranched alkanes of at least 4 members (excludes halogenated alkanes) is 12. The maximum atomic E-state index is 4.65. The summed E-state index contributed by atoms with van der Waals surface area (Å²) in [5.74, 6) is 1.78. The van der Waals surface area contributed by atoms with Crippen LogP contribution in [0.1, 0.15) is 122 Å². The van der Waals surface area contributed by atoms with E-state index in [1.54, 1.807) is 0 Å². The summed E-state index contributed by atoms with van der Waals surface area (Å²) in [5, 5.41) is 0. The van der Waals surface area contributed by atoms with Gasteiger partial charge in [0, 0.05) is 18.7 Å². The Balaban J connectivity index is 1.92. The lowest BCUT2D eigenvalue weighted by molar-refractivity contribution is 0.518. The molecule has 0 saturated carbocycles. The molecule has 0 fully saturated rings. The first kappa shape index (κ1) is 21.3. The Morgan fingerprint density at radius 3 is 1.71 bits per heavy atom. The highest BCUT2D eigenvalue weighted by Gasteiger charge is 2.08. The molecule has 0 aliphatic rings. The third-order valence-electron chi connectivity index (χ3n) is 4.95. The second kappa shape index (κ2) is 13.5. The van der Waals surface area contributed by atoms with E-state index in [2.05, 4.69) is 43.4 Å². The van der Waals surface area contributed by atoms with Gasteiger partial charge in [0.2, 0.25) is 0 Å². The first-order valence-corrected chi connectivity index (χ1v) is 10.7. The van der Waals surface area contributed by atoms with Gasteiger partial charge in [0.15, 0.2) is 0 Å². The first-order valence-electron chi connectivity index (χ1n) is 10.7. The summed E-state index contributed by atoms with van der Waals surface area (Å²) in [6.45, 7) is 10.0. The van der Waals surface area contributed by atoms with Crippen LogP contribution < -0.4 is 0 Å². The molecule has 0 saturated heterocycles. The van der Waals surface area contributed by atoms with E-state index in [4.69, 9.17) is 0 Å². The van der Waals surface area contributed by atoms with Crippen LogP contribution in [0, 0.1) is 6.92 Å². The molecular weight excluding hydrogens is 292 g/mol.